The van der Waals surface area contributed by atoms with Crippen molar-refractivity contribution in [2.24, 2.45) is 5.92 Å². The summed E-state index contributed by atoms with van der Waals surface area (Å²) in [5.41, 5.74) is 0.756. The molecule has 7 heteroatoms. The van der Waals surface area contributed by atoms with Crippen LogP contribution in [0.5, 0.6) is 11.5 Å². The standard InChI is InChI=1S/C18H27F3N2O2/c1-13(2)4-6-16(23-10-8-22-9-11-23)15-12-14(25-18(19,20)21)5-7-17(15)24-3/h5,7,12-13,16,22H,4,6,8-11H2,1-3H3/t16-/m1/s1. The van der Waals surface area contributed by atoms with Crippen molar-refractivity contribution in [3.05, 3.63) is 23.8 Å². The van der Waals surface area contributed by atoms with E-state index < -0.39 is 6.36 Å². The number of benzene rings is 1. The number of halogens is 3. The zero-order chi connectivity index (χ0) is 18.4. The van der Waals surface area contributed by atoms with Crippen molar-refractivity contribution in [3.63, 3.8) is 0 Å². The summed E-state index contributed by atoms with van der Waals surface area (Å²) in [7, 11) is 1.54. The van der Waals surface area contributed by atoms with Gasteiger partial charge in [-0.2, -0.15) is 0 Å². The Morgan fingerprint density at radius 1 is 1.16 bits per heavy atom. The smallest absolute Gasteiger partial charge is 0.496 e. The minimum atomic E-state index is -4.70. The Bertz CT molecular complexity index is 544. The number of rotatable bonds is 7. The Morgan fingerprint density at radius 3 is 2.40 bits per heavy atom. The van der Waals surface area contributed by atoms with E-state index in [1.54, 1.807) is 13.2 Å². The van der Waals surface area contributed by atoms with E-state index in [0.29, 0.717) is 11.7 Å². The van der Waals surface area contributed by atoms with Gasteiger partial charge in [-0.25, -0.2) is 0 Å². The summed E-state index contributed by atoms with van der Waals surface area (Å²) >= 11 is 0. The van der Waals surface area contributed by atoms with Crippen molar-refractivity contribution in [1.29, 1.82) is 0 Å². The molecule has 0 aromatic heterocycles. The molecule has 0 amide bonds. The lowest BCUT2D eigenvalue weighted by Crippen LogP contribution is -2.45. The van der Waals surface area contributed by atoms with Gasteiger partial charge in [0.1, 0.15) is 11.5 Å². The first-order valence-corrected chi connectivity index (χ1v) is 8.68. The monoisotopic (exact) mass is 360 g/mol. The number of nitrogens with one attached hydrogen (secondary N) is 1. The minimum Gasteiger partial charge on any atom is -0.496 e. The maximum atomic E-state index is 12.6. The Balaban J connectivity index is 2.33. The van der Waals surface area contributed by atoms with Crippen molar-refractivity contribution in [3.8, 4) is 11.5 Å². The van der Waals surface area contributed by atoms with Crippen LogP contribution in [0, 0.1) is 5.92 Å². The highest BCUT2D eigenvalue weighted by molar-refractivity contribution is 5.42. The molecule has 0 saturated carbocycles. The third kappa shape index (κ3) is 6.08. The predicted octanol–water partition coefficient (Wildman–Crippen LogP) is 3.98. The predicted molar refractivity (Wildman–Crippen MR) is 90.9 cm³/mol. The molecule has 2 rings (SSSR count). The highest BCUT2D eigenvalue weighted by atomic mass is 19.4. The molecule has 1 aliphatic rings. The third-order valence-electron chi connectivity index (χ3n) is 4.40. The zero-order valence-corrected chi connectivity index (χ0v) is 15.0. The van der Waals surface area contributed by atoms with E-state index in [0.717, 1.165) is 44.6 Å². The molecule has 0 aliphatic carbocycles. The lowest BCUT2D eigenvalue weighted by atomic mass is 9.95. The number of piperazine rings is 1. The van der Waals surface area contributed by atoms with E-state index in [9.17, 15) is 13.2 Å². The highest BCUT2D eigenvalue weighted by Crippen LogP contribution is 2.37. The lowest BCUT2D eigenvalue weighted by Gasteiger charge is -2.36. The topological polar surface area (TPSA) is 33.7 Å². The maximum Gasteiger partial charge on any atom is 0.573 e. The second-order valence-corrected chi connectivity index (χ2v) is 6.72. The summed E-state index contributed by atoms with van der Waals surface area (Å²) in [5, 5.41) is 3.31. The maximum absolute atomic E-state index is 12.6. The fraction of sp³-hybridized carbons (Fsp3) is 0.667. The molecule has 4 nitrogen and oxygen atoms in total. The summed E-state index contributed by atoms with van der Waals surface area (Å²) in [6, 6.07) is 4.34. The molecule has 1 saturated heterocycles. The average molecular weight is 360 g/mol. The minimum absolute atomic E-state index is 0.0104. The molecule has 1 aliphatic heterocycles. The van der Waals surface area contributed by atoms with Crippen LogP contribution in [0.1, 0.15) is 38.3 Å². The van der Waals surface area contributed by atoms with Gasteiger partial charge in [-0.3, -0.25) is 4.90 Å². The summed E-state index contributed by atoms with van der Waals surface area (Å²) in [6.07, 6.45) is -2.85. The van der Waals surface area contributed by atoms with Crippen LogP contribution in [0.4, 0.5) is 13.2 Å². The van der Waals surface area contributed by atoms with Gasteiger partial charge in [0.15, 0.2) is 0 Å². The normalized spacial score (nSPS) is 17.6. The molecule has 0 radical (unpaired) electrons. The Kier molecular flexibility index (Phi) is 6.95. The molecule has 1 aromatic rings. The van der Waals surface area contributed by atoms with Gasteiger partial charge in [-0.05, 0) is 37.0 Å². The quantitative estimate of drug-likeness (QED) is 0.798. The first kappa shape index (κ1) is 19.8. The Labute approximate surface area is 147 Å². The van der Waals surface area contributed by atoms with Gasteiger partial charge >= 0.3 is 6.36 Å². The molecule has 25 heavy (non-hydrogen) atoms. The Hall–Kier alpha value is -1.47. The molecule has 1 atom stereocenters. The number of alkyl halides is 3. The second-order valence-electron chi connectivity index (χ2n) is 6.72. The first-order valence-electron chi connectivity index (χ1n) is 8.68. The van der Waals surface area contributed by atoms with Crippen molar-refractivity contribution in [1.82, 2.24) is 10.2 Å². The van der Waals surface area contributed by atoms with Crippen molar-refractivity contribution < 1.29 is 22.6 Å². The molecule has 1 aromatic carbocycles. The molecule has 1 fully saturated rings. The number of ether oxygens (including phenoxy) is 2. The van der Waals surface area contributed by atoms with E-state index in [2.05, 4.69) is 28.8 Å². The zero-order valence-electron chi connectivity index (χ0n) is 15.0. The number of methoxy groups -OCH3 is 1. The van der Waals surface area contributed by atoms with E-state index in [1.165, 1.54) is 12.1 Å². The fourth-order valence-corrected chi connectivity index (χ4v) is 3.19. The SMILES string of the molecule is COc1ccc(OC(F)(F)F)cc1[C@@H](CCC(C)C)N1CCNCC1. The van der Waals surface area contributed by atoms with Gasteiger partial charge < -0.3 is 14.8 Å². The second kappa shape index (κ2) is 8.76. The molecule has 0 unspecified atom stereocenters. The van der Waals surface area contributed by atoms with E-state index >= 15 is 0 Å². The van der Waals surface area contributed by atoms with Gasteiger partial charge in [0.05, 0.1) is 7.11 Å². The summed E-state index contributed by atoms with van der Waals surface area (Å²) in [6.45, 7) is 7.76. The van der Waals surface area contributed by atoms with Gasteiger partial charge in [-0.1, -0.05) is 13.8 Å². The third-order valence-corrected chi connectivity index (χ3v) is 4.40. The molecular weight excluding hydrogens is 333 g/mol. The van der Waals surface area contributed by atoms with Crippen molar-refractivity contribution in [2.75, 3.05) is 33.3 Å². The summed E-state index contributed by atoms with van der Waals surface area (Å²) < 4.78 is 47.3. The molecule has 0 spiro atoms. The molecular formula is C18H27F3N2O2. The number of nitrogens with zero attached hydrogens (tertiary/aromatic N) is 1. The van der Waals surface area contributed by atoms with E-state index in [1.807, 2.05) is 0 Å². The molecule has 0 bridgehead atoms. The molecule has 1 heterocycles. The largest absolute Gasteiger partial charge is 0.573 e. The number of hydrogen-bond donors (Lipinski definition) is 1. The summed E-state index contributed by atoms with van der Waals surface area (Å²) in [5.74, 6) is 0.917. The van der Waals surface area contributed by atoms with Crippen LogP contribution in [0.25, 0.3) is 0 Å². The average Bonchev–Trinajstić information content (AvgIpc) is 2.54. The van der Waals surface area contributed by atoms with E-state index in [4.69, 9.17) is 4.74 Å². The molecule has 142 valence electrons. The van der Waals surface area contributed by atoms with E-state index in [-0.39, 0.29) is 11.8 Å². The van der Waals surface area contributed by atoms with Crippen LogP contribution < -0.4 is 14.8 Å². The fourth-order valence-electron chi connectivity index (χ4n) is 3.19. The summed E-state index contributed by atoms with van der Waals surface area (Å²) in [4.78, 5) is 2.31. The first-order chi connectivity index (χ1) is 11.8. The van der Waals surface area contributed by atoms with Gasteiger partial charge in [0, 0.05) is 37.8 Å². The number of hydrogen-bond acceptors (Lipinski definition) is 4. The lowest BCUT2D eigenvalue weighted by molar-refractivity contribution is -0.274. The van der Waals surface area contributed by atoms with Gasteiger partial charge in [0.25, 0.3) is 0 Å². The van der Waals surface area contributed by atoms with Crippen LogP contribution in [0.2, 0.25) is 0 Å². The van der Waals surface area contributed by atoms with Crippen molar-refractivity contribution in [2.45, 2.75) is 39.1 Å². The van der Waals surface area contributed by atoms with Gasteiger partial charge in [-0.15, -0.1) is 13.2 Å². The van der Waals surface area contributed by atoms with Crippen LogP contribution in [-0.2, 0) is 0 Å². The molecule has 1 N–H and O–H groups in total. The van der Waals surface area contributed by atoms with Crippen LogP contribution >= 0.6 is 0 Å². The Morgan fingerprint density at radius 2 is 1.84 bits per heavy atom. The van der Waals surface area contributed by atoms with Crippen LogP contribution in [0.3, 0.4) is 0 Å². The highest BCUT2D eigenvalue weighted by Gasteiger charge is 2.32. The van der Waals surface area contributed by atoms with Gasteiger partial charge in [0.2, 0.25) is 0 Å². The van der Waals surface area contributed by atoms with Crippen molar-refractivity contribution >= 4 is 0 Å². The van der Waals surface area contributed by atoms with Crippen LogP contribution in [-0.4, -0.2) is 44.6 Å². The van der Waals surface area contributed by atoms with Crippen LogP contribution in [0.15, 0.2) is 18.2 Å².